The molecule has 1 fully saturated rings. The van der Waals surface area contributed by atoms with Crippen LogP contribution in [0.3, 0.4) is 0 Å². The Kier molecular flexibility index (Phi) is 7.32. The van der Waals surface area contributed by atoms with Gasteiger partial charge >= 0.3 is 0 Å². The van der Waals surface area contributed by atoms with Crippen molar-refractivity contribution in [2.24, 2.45) is 0 Å². The number of aryl methyl sites for hydroxylation is 2. The Morgan fingerprint density at radius 3 is 2.67 bits per heavy atom. The lowest BCUT2D eigenvalue weighted by Crippen LogP contribution is -2.28. The van der Waals surface area contributed by atoms with Gasteiger partial charge in [-0.3, -0.25) is 14.6 Å². The van der Waals surface area contributed by atoms with Crippen LogP contribution < -0.4 is 15.4 Å². The zero-order chi connectivity index (χ0) is 29.3. The molecule has 1 unspecified atom stereocenters. The first kappa shape index (κ1) is 25.8. The number of rotatable bonds is 7. The summed E-state index contributed by atoms with van der Waals surface area (Å²) >= 11 is 0. The van der Waals surface area contributed by atoms with Crippen molar-refractivity contribution >= 4 is 23.3 Å². The highest BCUT2D eigenvalue weighted by Crippen LogP contribution is 2.28. The highest BCUT2D eigenvalue weighted by Gasteiger charge is 2.22. The number of pyridine rings is 1. The molecule has 0 aliphatic carbocycles. The molecular weight excluding hydrogens is 522 g/mol. The molecule has 5 rings (SSSR count). The summed E-state index contributed by atoms with van der Waals surface area (Å²) in [6, 6.07) is 6.71. The second-order valence-corrected chi connectivity index (χ2v) is 9.44. The van der Waals surface area contributed by atoms with Crippen LogP contribution in [0.4, 0.5) is 14.6 Å². The van der Waals surface area contributed by atoms with Crippen molar-refractivity contribution in [3.8, 4) is 17.0 Å². The summed E-state index contributed by atoms with van der Waals surface area (Å²) < 4.78 is 50.1. The van der Waals surface area contributed by atoms with Crippen LogP contribution in [-0.2, 0) is 16.1 Å². The molecule has 10 nitrogen and oxygen atoms in total. The monoisotopic (exact) mass is 551 g/mol. The number of ether oxygens (including phenoxy) is 2. The van der Waals surface area contributed by atoms with E-state index in [1.165, 1.54) is 11.4 Å². The molecule has 3 aromatic heterocycles. The number of carbonyl (C=O) groups excluding carboxylic acids is 2. The van der Waals surface area contributed by atoms with Crippen LogP contribution in [0.25, 0.3) is 16.9 Å². The Morgan fingerprint density at radius 1 is 1.15 bits per heavy atom. The molecule has 4 aromatic rings. The third-order valence-corrected chi connectivity index (χ3v) is 6.40. The van der Waals surface area contributed by atoms with Gasteiger partial charge in [0.1, 0.15) is 11.9 Å². The summed E-state index contributed by atoms with van der Waals surface area (Å²) in [6.07, 6.45) is 2.25. The fourth-order valence-electron chi connectivity index (χ4n) is 4.47. The van der Waals surface area contributed by atoms with Gasteiger partial charge in [-0.05, 0) is 38.1 Å². The fourth-order valence-corrected chi connectivity index (χ4v) is 4.47. The number of hydrogen-bond acceptors (Lipinski definition) is 7. The average Bonchev–Trinajstić information content (AvgIpc) is 3.31. The average molecular weight is 552 g/mol. The second kappa shape index (κ2) is 11.3. The van der Waals surface area contributed by atoms with E-state index in [9.17, 15) is 18.4 Å². The van der Waals surface area contributed by atoms with E-state index in [0.717, 1.165) is 6.07 Å². The molecule has 2 amide bonds. The number of aromatic nitrogens is 4. The van der Waals surface area contributed by atoms with Crippen molar-refractivity contribution < 1.29 is 29.2 Å². The van der Waals surface area contributed by atoms with Crippen LogP contribution in [0.2, 0.25) is 0 Å². The Hall–Kier alpha value is -4.45. The van der Waals surface area contributed by atoms with Crippen molar-refractivity contribution in [2.45, 2.75) is 46.2 Å². The Bertz CT molecular complexity index is 1640. The molecule has 4 heterocycles. The van der Waals surface area contributed by atoms with Crippen molar-refractivity contribution in [3.05, 3.63) is 70.7 Å². The lowest BCUT2D eigenvalue weighted by atomic mass is 10.0. The zero-order valence-electron chi connectivity index (χ0n) is 23.1. The molecule has 2 N–H and O–H groups in total. The highest BCUT2D eigenvalue weighted by atomic mass is 19.1. The molecule has 208 valence electrons. The van der Waals surface area contributed by atoms with Gasteiger partial charge in [0.05, 0.1) is 37.7 Å². The minimum atomic E-state index is -1.53. The number of halogens is 2. The third kappa shape index (κ3) is 5.91. The number of hydrogen-bond donors (Lipinski definition) is 2. The van der Waals surface area contributed by atoms with Crippen LogP contribution in [0, 0.1) is 25.5 Å². The molecule has 0 bridgehead atoms. The Morgan fingerprint density at radius 2 is 1.93 bits per heavy atom. The Balaban J connectivity index is 1.42. The van der Waals surface area contributed by atoms with Crippen LogP contribution in [-0.4, -0.2) is 50.7 Å². The molecule has 40 heavy (non-hydrogen) atoms. The van der Waals surface area contributed by atoms with Crippen molar-refractivity contribution in [2.75, 3.05) is 18.5 Å². The summed E-state index contributed by atoms with van der Waals surface area (Å²) in [5.41, 5.74) is 2.59. The number of carbonyl (C=O) groups is 2. The normalized spacial score (nSPS) is 15.0. The highest BCUT2D eigenvalue weighted by molar-refractivity contribution is 5.96. The van der Waals surface area contributed by atoms with Gasteiger partial charge in [0.25, 0.3) is 5.91 Å². The molecule has 1 aliphatic rings. The second-order valence-electron chi connectivity index (χ2n) is 9.44. The first-order valence-corrected chi connectivity index (χ1v) is 12.7. The van der Waals surface area contributed by atoms with E-state index in [4.69, 9.17) is 10.8 Å². The van der Waals surface area contributed by atoms with Gasteiger partial charge < -0.3 is 20.1 Å². The molecule has 0 radical (unpaired) electrons. The molecule has 1 aliphatic heterocycles. The fraction of sp³-hybridized carbons (Fsp3) is 0.321. The summed E-state index contributed by atoms with van der Waals surface area (Å²) in [5, 5.41) is 9.66. The number of anilines is 1. The van der Waals surface area contributed by atoms with E-state index in [2.05, 4.69) is 25.7 Å². The topological polar surface area (TPSA) is 120 Å². The van der Waals surface area contributed by atoms with Crippen molar-refractivity contribution in [1.29, 1.82) is 0 Å². The van der Waals surface area contributed by atoms with E-state index >= 15 is 0 Å². The summed E-state index contributed by atoms with van der Waals surface area (Å²) in [4.78, 5) is 33.5. The van der Waals surface area contributed by atoms with Gasteiger partial charge in [-0.2, -0.15) is 5.10 Å². The lowest BCUT2D eigenvalue weighted by molar-refractivity contribution is -0.114. The SMILES string of the molecule is [2H]C(NC(=O)c1cc(-c2ccc3nc(NC(C)=O)cn3n2)c(C)nc1C)c1cc(F)cc(F)c1OC1CCOCC1. The molecule has 1 atom stereocenters. The number of amides is 2. The molecular formula is C28H28F2N6O4. The van der Waals surface area contributed by atoms with E-state index in [-0.39, 0.29) is 28.9 Å². The van der Waals surface area contributed by atoms with Crippen molar-refractivity contribution in [3.63, 3.8) is 0 Å². The van der Waals surface area contributed by atoms with Gasteiger partial charge in [-0.15, -0.1) is 0 Å². The quantitative estimate of drug-likeness (QED) is 0.354. The standard InChI is InChI=1S/C28H28F2N6O4/c1-15-21(24-4-5-26-34-25(33-17(3)37)14-36(26)35-24)12-22(16(2)32-15)28(38)31-13-18-10-19(29)11-23(30)27(18)40-20-6-8-39-9-7-20/h4-5,10-12,14,20H,6-9,13H2,1-3H3,(H,31,38)(H,33,37)/i13D. The van der Waals surface area contributed by atoms with E-state index < -0.39 is 24.1 Å². The predicted octanol–water partition coefficient (Wildman–Crippen LogP) is 4.13. The summed E-state index contributed by atoms with van der Waals surface area (Å²) in [7, 11) is 0. The van der Waals surface area contributed by atoms with Gasteiger partial charge in [-0.1, -0.05) is 0 Å². The van der Waals surface area contributed by atoms with Gasteiger partial charge in [0, 0.05) is 49.2 Å². The number of imidazole rings is 1. The largest absolute Gasteiger partial charge is 0.487 e. The number of fused-ring (bicyclic) bond motifs is 1. The zero-order valence-corrected chi connectivity index (χ0v) is 22.1. The summed E-state index contributed by atoms with van der Waals surface area (Å²) in [5.74, 6) is -2.68. The van der Waals surface area contributed by atoms with E-state index in [1.807, 2.05) is 0 Å². The van der Waals surface area contributed by atoms with Crippen LogP contribution in [0.15, 0.2) is 36.5 Å². The third-order valence-electron chi connectivity index (χ3n) is 6.40. The molecule has 0 saturated carbocycles. The van der Waals surface area contributed by atoms with Gasteiger partial charge in [0.2, 0.25) is 5.91 Å². The number of benzene rings is 1. The van der Waals surface area contributed by atoms with E-state index in [1.54, 1.807) is 38.2 Å². The maximum absolute atomic E-state index is 14.8. The molecule has 12 heteroatoms. The smallest absolute Gasteiger partial charge is 0.253 e. The van der Waals surface area contributed by atoms with Crippen molar-refractivity contribution in [1.82, 2.24) is 24.9 Å². The first-order chi connectivity index (χ1) is 19.6. The first-order valence-electron chi connectivity index (χ1n) is 13.3. The molecule has 1 saturated heterocycles. The van der Waals surface area contributed by atoms with Gasteiger partial charge in [-0.25, -0.2) is 18.3 Å². The molecule has 0 spiro atoms. The predicted molar refractivity (Wildman–Crippen MR) is 142 cm³/mol. The minimum Gasteiger partial charge on any atom is -0.487 e. The summed E-state index contributed by atoms with van der Waals surface area (Å²) in [6.45, 7) is 4.17. The van der Waals surface area contributed by atoms with E-state index in [0.29, 0.717) is 66.2 Å². The van der Waals surface area contributed by atoms with Crippen LogP contribution in [0.1, 0.15) is 48.4 Å². The van der Waals surface area contributed by atoms with Crippen LogP contribution in [0.5, 0.6) is 5.75 Å². The Labute approximate surface area is 230 Å². The van der Waals surface area contributed by atoms with Gasteiger partial charge in [0.15, 0.2) is 23.0 Å². The minimum absolute atomic E-state index is 0.137. The van der Waals surface area contributed by atoms with Crippen LogP contribution >= 0.6 is 0 Å². The molecule has 1 aromatic carbocycles. The number of nitrogens with one attached hydrogen (secondary N) is 2. The maximum atomic E-state index is 14.8. The lowest BCUT2D eigenvalue weighted by Gasteiger charge is -2.25. The number of nitrogens with zero attached hydrogens (tertiary/aromatic N) is 4. The maximum Gasteiger partial charge on any atom is 0.253 e.